The molecule has 0 radical (unpaired) electrons. The molecule has 1 atom stereocenters. The number of carbonyl (C=O) groups is 1. The lowest BCUT2D eigenvalue weighted by molar-refractivity contribution is -0.144. The molecule has 36 heavy (non-hydrogen) atoms. The third-order valence-corrected chi connectivity index (χ3v) is 5.82. The van der Waals surface area contributed by atoms with E-state index in [-0.39, 0.29) is 25.1 Å². The Balaban J connectivity index is 1.80. The maximum Gasteiger partial charge on any atom is 0.306 e. The molecule has 3 rings (SSSR count). The van der Waals surface area contributed by atoms with E-state index < -0.39 is 5.60 Å². The lowest BCUT2D eigenvalue weighted by Gasteiger charge is -2.36. The molecule has 5 heteroatoms. The summed E-state index contributed by atoms with van der Waals surface area (Å²) in [5, 5.41) is 0. The van der Waals surface area contributed by atoms with Gasteiger partial charge < -0.3 is 18.9 Å². The molecule has 0 saturated carbocycles. The van der Waals surface area contributed by atoms with Gasteiger partial charge in [-0.15, -0.1) is 0 Å². The normalized spacial score (nSPS) is 12.5. The second-order valence-corrected chi connectivity index (χ2v) is 8.39. The highest BCUT2D eigenvalue weighted by Crippen LogP contribution is 2.40. The van der Waals surface area contributed by atoms with Crippen LogP contribution in [0.4, 0.5) is 0 Å². The zero-order chi connectivity index (χ0) is 25.5. The Morgan fingerprint density at radius 2 is 1.39 bits per heavy atom. The Morgan fingerprint density at radius 3 is 1.86 bits per heavy atom. The summed E-state index contributed by atoms with van der Waals surface area (Å²) in [6.45, 7) is 3.22. The van der Waals surface area contributed by atoms with Crippen molar-refractivity contribution in [2.24, 2.45) is 5.92 Å². The van der Waals surface area contributed by atoms with Crippen molar-refractivity contribution in [3.63, 3.8) is 0 Å². The molecule has 0 bridgehead atoms. The van der Waals surface area contributed by atoms with E-state index in [9.17, 15) is 4.79 Å². The van der Waals surface area contributed by atoms with Crippen LogP contribution in [0.25, 0.3) is 0 Å². The summed E-state index contributed by atoms with van der Waals surface area (Å²) in [6, 6.07) is 31.0. The number of rotatable bonds is 15. The van der Waals surface area contributed by atoms with Crippen LogP contribution in [0.15, 0.2) is 103 Å². The van der Waals surface area contributed by atoms with Crippen LogP contribution in [0.1, 0.15) is 36.5 Å². The first-order valence-electron chi connectivity index (χ1n) is 12.4. The molecule has 190 valence electrons. The lowest BCUT2D eigenvalue weighted by atomic mass is 9.80. The summed E-state index contributed by atoms with van der Waals surface area (Å²) < 4.78 is 22.4. The van der Waals surface area contributed by atoms with Crippen LogP contribution in [0.2, 0.25) is 0 Å². The van der Waals surface area contributed by atoms with Gasteiger partial charge >= 0.3 is 5.97 Å². The Labute approximate surface area is 214 Å². The molecule has 5 nitrogen and oxygen atoms in total. The number of esters is 1. The Bertz CT molecular complexity index is 938. The van der Waals surface area contributed by atoms with Gasteiger partial charge in [-0.3, -0.25) is 4.79 Å². The van der Waals surface area contributed by atoms with Crippen LogP contribution < -0.4 is 0 Å². The first-order valence-corrected chi connectivity index (χ1v) is 12.4. The van der Waals surface area contributed by atoms with Crippen LogP contribution >= 0.6 is 0 Å². The van der Waals surface area contributed by atoms with Crippen molar-refractivity contribution in [1.29, 1.82) is 0 Å². The summed E-state index contributed by atoms with van der Waals surface area (Å²) in [5.41, 5.74) is 2.46. The molecule has 0 fully saturated rings. The molecular formula is C31H36O5. The molecule has 0 aliphatic carbocycles. The standard InChI is InChI=1S/C31H36O5/c1-3-35-30(32)23-26(24-34-25-33-2)15-13-14-22-36-31(27-16-7-4-8-17-27,28-18-9-5-10-19-28)29-20-11-6-12-21-29/h4-13,15-21,26H,3,14,22-25H2,1-2H3/t26-/m1/s1. The Morgan fingerprint density at radius 1 is 0.861 bits per heavy atom. The van der Waals surface area contributed by atoms with Crippen LogP contribution in [0.5, 0.6) is 0 Å². The lowest BCUT2D eigenvalue weighted by Crippen LogP contribution is -2.33. The highest BCUT2D eigenvalue weighted by molar-refractivity contribution is 5.69. The first kappa shape index (κ1) is 27.3. The average molecular weight is 489 g/mol. The van der Waals surface area contributed by atoms with E-state index in [0.717, 1.165) is 16.7 Å². The monoisotopic (exact) mass is 488 g/mol. The zero-order valence-corrected chi connectivity index (χ0v) is 21.2. The molecule has 0 unspecified atom stereocenters. The highest BCUT2D eigenvalue weighted by Gasteiger charge is 2.37. The van der Waals surface area contributed by atoms with E-state index in [1.54, 1.807) is 14.0 Å². The fraction of sp³-hybridized carbons (Fsp3) is 0.323. The topological polar surface area (TPSA) is 54.0 Å². The number of carbonyl (C=O) groups excluding carboxylic acids is 1. The minimum Gasteiger partial charge on any atom is -0.466 e. The quantitative estimate of drug-likeness (QED) is 0.0847. The SMILES string of the molecule is CCOC(=O)C[C@@H](C=CCCOC(c1ccccc1)(c1ccccc1)c1ccccc1)COCOC. The fourth-order valence-electron chi connectivity index (χ4n) is 4.24. The van der Waals surface area contributed by atoms with E-state index in [1.807, 2.05) is 66.7 Å². The van der Waals surface area contributed by atoms with Crippen LogP contribution in [-0.4, -0.2) is 39.7 Å². The molecule has 0 aromatic heterocycles. The molecule has 3 aromatic carbocycles. The van der Waals surface area contributed by atoms with Gasteiger partial charge in [0.15, 0.2) is 0 Å². The Kier molecular flexibility index (Phi) is 11.4. The van der Waals surface area contributed by atoms with Crippen molar-refractivity contribution in [2.75, 3.05) is 33.7 Å². The first-order chi connectivity index (χ1) is 17.7. The summed E-state index contributed by atoms with van der Waals surface area (Å²) in [5.74, 6) is -0.331. The van der Waals surface area contributed by atoms with Crippen molar-refractivity contribution in [2.45, 2.75) is 25.4 Å². The van der Waals surface area contributed by atoms with Crippen molar-refractivity contribution < 1.29 is 23.7 Å². The summed E-state index contributed by atoms with van der Waals surface area (Å²) in [4.78, 5) is 12.0. The number of benzene rings is 3. The zero-order valence-electron chi connectivity index (χ0n) is 21.2. The molecule has 0 heterocycles. The largest absolute Gasteiger partial charge is 0.466 e. The van der Waals surface area contributed by atoms with Crippen molar-refractivity contribution in [3.05, 3.63) is 120 Å². The predicted molar refractivity (Wildman–Crippen MR) is 141 cm³/mol. The summed E-state index contributed by atoms with van der Waals surface area (Å²) in [6.07, 6.45) is 4.99. The van der Waals surface area contributed by atoms with Crippen LogP contribution in [0.3, 0.4) is 0 Å². The number of hydrogen-bond acceptors (Lipinski definition) is 5. The van der Waals surface area contributed by atoms with E-state index in [4.69, 9.17) is 18.9 Å². The molecule has 3 aromatic rings. The second-order valence-electron chi connectivity index (χ2n) is 8.39. The molecule has 0 aliphatic heterocycles. The van der Waals surface area contributed by atoms with Crippen molar-refractivity contribution in [1.82, 2.24) is 0 Å². The van der Waals surface area contributed by atoms with E-state index in [1.165, 1.54) is 0 Å². The number of methoxy groups -OCH3 is 1. The van der Waals surface area contributed by atoms with Gasteiger partial charge in [-0.1, -0.05) is 103 Å². The molecule has 0 aliphatic rings. The third kappa shape index (κ3) is 7.62. The Hall–Kier alpha value is -3.25. The fourth-order valence-corrected chi connectivity index (χ4v) is 4.24. The number of ether oxygens (including phenoxy) is 4. The van der Waals surface area contributed by atoms with Gasteiger partial charge in [-0.05, 0) is 30.0 Å². The maximum absolute atomic E-state index is 12.0. The van der Waals surface area contributed by atoms with Crippen LogP contribution in [0, 0.1) is 5.92 Å². The minimum absolute atomic E-state index is 0.0960. The van der Waals surface area contributed by atoms with Gasteiger partial charge in [-0.25, -0.2) is 0 Å². The van der Waals surface area contributed by atoms with Crippen LogP contribution in [-0.2, 0) is 29.3 Å². The van der Waals surface area contributed by atoms with Gasteiger partial charge in [0.25, 0.3) is 0 Å². The van der Waals surface area contributed by atoms with Crippen molar-refractivity contribution in [3.8, 4) is 0 Å². The van der Waals surface area contributed by atoms with Crippen molar-refractivity contribution >= 4 is 5.97 Å². The van der Waals surface area contributed by atoms with E-state index >= 15 is 0 Å². The second kappa shape index (κ2) is 15.0. The van der Waals surface area contributed by atoms with Gasteiger partial charge in [0.2, 0.25) is 0 Å². The van der Waals surface area contributed by atoms with Gasteiger partial charge in [0, 0.05) is 13.0 Å². The highest BCUT2D eigenvalue weighted by atomic mass is 16.7. The van der Waals surface area contributed by atoms with Gasteiger partial charge in [0.05, 0.1) is 26.2 Å². The van der Waals surface area contributed by atoms with E-state index in [2.05, 4.69) is 36.4 Å². The predicted octanol–water partition coefficient (Wildman–Crippen LogP) is 6.13. The van der Waals surface area contributed by atoms with E-state index in [0.29, 0.717) is 26.2 Å². The minimum atomic E-state index is -0.746. The summed E-state index contributed by atoms with van der Waals surface area (Å²) >= 11 is 0. The summed E-state index contributed by atoms with van der Waals surface area (Å²) in [7, 11) is 1.58. The maximum atomic E-state index is 12.0. The third-order valence-electron chi connectivity index (χ3n) is 5.82. The molecular weight excluding hydrogens is 452 g/mol. The average Bonchev–Trinajstić information content (AvgIpc) is 2.92. The van der Waals surface area contributed by atoms with Gasteiger partial charge in [-0.2, -0.15) is 0 Å². The molecule has 0 saturated heterocycles. The molecule has 0 spiro atoms. The smallest absolute Gasteiger partial charge is 0.306 e. The van der Waals surface area contributed by atoms with Gasteiger partial charge in [0.1, 0.15) is 12.4 Å². The number of hydrogen-bond donors (Lipinski definition) is 0. The molecule has 0 N–H and O–H groups in total. The molecule has 0 amide bonds.